The number of imide groups is 1. The molecule has 6 heteroatoms. The molecule has 1 atom stereocenters. The molecule has 0 radical (unpaired) electrons. The maximum Gasteiger partial charge on any atom is 0.255 e. The van der Waals surface area contributed by atoms with E-state index in [1.807, 2.05) is 18.4 Å². The Labute approximate surface area is 120 Å². The molecule has 1 N–H and O–H groups in total. The molecule has 104 valence electrons. The standard InChI is InChI=1S/C14H14N2O3S/c1-20-11-4-2-3-8-9(11)7-16(14(8)19)10-5-6-12(17)15-13(10)18/h2-4,10H,5-7H2,1H3,(H,15,17,18). The first-order valence-electron chi connectivity index (χ1n) is 6.42. The lowest BCUT2D eigenvalue weighted by atomic mass is 10.0. The van der Waals surface area contributed by atoms with E-state index in [9.17, 15) is 14.4 Å². The second kappa shape index (κ2) is 4.94. The zero-order valence-electron chi connectivity index (χ0n) is 11.0. The predicted molar refractivity (Wildman–Crippen MR) is 74.3 cm³/mol. The van der Waals surface area contributed by atoms with E-state index in [1.165, 1.54) is 0 Å². The highest BCUT2D eigenvalue weighted by molar-refractivity contribution is 7.98. The summed E-state index contributed by atoms with van der Waals surface area (Å²) in [5.74, 6) is -0.751. The Bertz CT molecular complexity index is 614. The maximum absolute atomic E-state index is 12.4. The van der Waals surface area contributed by atoms with Gasteiger partial charge in [-0.05, 0) is 30.4 Å². The molecule has 0 spiro atoms. The zero-order chi connectivity index (χ0) is 14.3. The van der Waals surface area contributed by atoms with Crippen molar-refractivity contribution in [2.75, 3.05) is 6.26 Å². The molecule has 1 fully saturated rings. The first-order valence-corrected chi connectivity index (χ1v) is 7.65. The minimum absolute atomic E-state index is 0.120. The van der Waals surface area contributed by atoms with Crippen LogP contribution in [0.5, 0.6) is 0 Å². The number of benzene rings is 1. The van der Waals surface area contributed by atoms with Gasteiger partial charge in [-0.25, -0.2) is 0 Å². The van der Waals surface area contributed by atoms with Crippen molar-refractivity contribution in [3.05, 3.63) is 29.3 Å². The molecular formula is C14H14N2O3S. The fourth-order valence-corrected chi connectivity index (χ4v) is 3.38. The van der Waals surface area contributed by atoms with Gasteiger partial charge in [0.1, 0.15) is 6.04 Å². The summed E-state index contributed by atoms with van der Waals surface area (Å²) in [5, 5.41) is 2.31. The number of nitrogens with one attached hydrogen (secondary N) is 1. The van der Waals surface area contributed by atoms with Crippen molar-refractivity contribution in [1.82, 2.24) is 10.2 Å². The van der Waals surface area contributed by atoms with Crippen LogP contribution in [-0.4, -0.2) is 34.9 Å². The highest BCUT2D eigenvalue weighted by atomic mass is 32.2. The van der Waals surface area contributed by atoms with Crippen LogP contribution in [0.2, 0.25) is 0 Å². The molecule has 20 heavy (non-hydrogen) atoms. The first kappa shape index (κ1) is 13.2. The number of carbonyl (C=O) groups excluding carboxylic acids is 3. The molecule has 5 nitrogen and oxygen atoms in total. The number of rotatable bonds is 2. The third-order valence-electron chi connectivity index (χ3n) is 3.76. The average Bonchev–Trinajstić information content (AvgIpc) is 2.76. The quantitative estimate of drug-likeness (QED) is 0.656. The monoisotopic (exact) mass is 290 g/mol. The van der Waals surface area contributed by atoms with Crippen molar-refractivity contribution in [2.45, 2.75) is 30.3 Å². The topological polar surface area (TPSA) is 66.5 Å². The smallest absolute Gasteiger partial charge is 0.255 e. The molecule has 0 aromatic heterocycles. The summed E-state index contributed by atoms with van der Waals surface area (Å²) in [7, 11) is 0. The fraction of sp³-hybridized carbons (Fsp3) is 0.357. The summed E-state index contributed by atoms with van der Waals surface area (Å²) in [6.45, 7) is 0.442. The molecule has 1 saturated heterocycles. The second-order valence-corrected chi connectivity index (χ2v) is 5.73. The molecule has 2 aliphatic rings. The Kier molecular flexibility index (Phi) is 3.25. The number of fused-ring (bicyclic) bond motifs is 1. The van der Waals surface area contributed by atoms with Gasteiger partial charge in [0.15, 0.2) is 0 Å². The molecule has 0 bridgehead atoms. The Morgan fingerprint density at radius 1 is 1.30 bits per heavy atom. The summed E-state index contributed by atoms with van der Waals surface area (Å²) >= 11 is 1.59. The van der Waals surface area contributed by atoms with Crippen molar-refractivity contribution in [3.63, 3.8) is 0 Å². The van der Waals surface area contributed by atoms with Crippen LogP contribution in [0.25, 0.3) is 0 Å². The molecule has 0 aliphatic carbocycles. The molecule has 1 aromatic rings. The SMILES string of the molecule is CSc1cccc2c1CN(C1CCC(=O)NC1=O)C2=O. The third kappa shape index (κ3) is 2.00. The van der Waals surface area contributed by atoms with Gasteiger partial charge in [-0.3, -0.25) is 19.7 Å². The maximum atomic E-state index is 12.4. The van der Waals surface area contributed by atoms with E-state index >= 15 is 0 Å². The molecule has 1 unspecified atom stereocenters. The summed E-state index contributed by atoms with van der Waals surface area (Å²) in [6, 6.07) is 5.09. The van der Waals surface area contributed by atoms with Crippen LogP contribution in [0.4, 0.5) is 0 Å². The number of piperidine rings is 1. The largest absolute Gasteiger partial charge is 0.322 e. The number of nitrogens with zero attached hydrogens (tertiary/aromatic N) is 1. The normalized spacial score (nSPS) is 21.9. The summed E-state index contributed by atoms with van der Waals surface area (Å²) < 4.78 is 0. The summed E-state index contributed by atoms with van der Waals surface area (Å²) in [6.07, 6.45) is 2.65. The fourth-order valence-electron chi connectivity index (χ4n) is 2.75. The Morgan fingerprint density at radius 2 is 2.10 bits per heavy atom. The Hall–Kier alpha value is -1.82. The summed E-state index contributed by atoms with van der Waals surface area (Å²) in [5.41, 5.74) is 1.65. The van der Waals surface area contributed by atoms with E-state index in [2.05, 4.69) is 5.32 Å². The van der Waals surface area contributed by atoms with Crippen LogP contribution in [0, 0.1) is 0 Å². The van der Waals surface area contributed by atoms with Crippen molar-refractivity contribution in [2.24, 2.45) is 0 Å². The molecule has 1 aromatic carbocycles. The van der Waals surface area contributed by atoms with Crippen LogP contribution in [0.1, 0.15) is 28.8 Å². The summed E-state index contributed by atoms with van der Waals surface area (Å²) in [4.78, 5) is 38.2. The highest BCUT2D eigenvalue weighted by Gasteiger charge is 2.39. The van der Waals surface area contributed by atoms with Gasteiger partial charge in [0, 0.05) is 23.4 Å². The van der Waals surface area contributed by atoms with Gasteiger partial charge in [0.05, 0.1) is 0 Å². The minimum Gasteiger partial charge on any atom is -0.322 e. The lowest BCUT2D eigenvalue weighted by Crippen LogP contribution is -2.52. The van der Waals surface area contributed by atoms with E-state index in [0.717, 1.165) is 10.5 Å². The van der Waals surface area contributed by atoms with Crippen LogP contribution in [-0.2, 0) is 16.1 Å². The third-order valence-corrected chi connectivity index (χ3v) is 4.58. The average molecular weight is 290 g/mol. The number of hydrogen-bond acceptors (Lipinski definition) is 4. The highest BCUT2D eigenvalue weighted by Crippen LogP contribution is 2.33. The minimum atomic E-state index is -0.540. The van der Waals surface area contributed by atoms with E-state index < -0.39 is 6.04 Å². The number of amides is 3. The van der Waals surface area contributed by atoms with Gasteiger partial charge in [-0.1, -0.05) is 6.07 Å². The van der Waals surface area contributed by atoms with Crippen molar-refractivity contribution in [3.8, 4) is 0 Å². The van der Waals surface area contributed by atoms with E-state index in [1.54, 1.807) is 22.7 Å². The Morgan fingerprint density at radius 3 is 2.80 bits per heavy atom. The van der Waals surface area contributed by atoms with E-state index in [0.29, 0.717) is 18.5 Å². The van der Waals surface area contributed by atoms with Crippen molar-refractivity contribution < 1.29 is 14.4 Å². The molecule has 0 saturated carbocycles. The lowest BCUT2D eigenvalue weighted by molar-refractivity contribution is -0.136. The van der Waals surface area contributed by atoms with Gasteiger partial charge >= 0.3 is 0 Å². The van der Waals surface area contributed by atoms with E-state index in [4.69, 9.17) is 0 Å². The van der Waals surface area contributed by atoms with Gasteiger partial charge in [0.25, 0.3) is 5.91 Å². The first-order chi connectivity index (χ1) is 9.61. The van der Waals surface area contributed by atoms with Gasteiger partial charge in [-0.2, -0.15) is 0 Å². The Balaban J connectivity index is 1.90. The van der Waals surface area contributed by atoms with Gasteiger partial charge < -0.3 is 4.90 Å². The second-order valence-electron chi connectivity index (χ2n) is 4.89. The van der Waals surface area contributed by atoms with Gasteiger partial charge in [0.2, 0.25) is 11.8 Å². The van der Waals surface area contributed by atoms with Crippen molar-refractivity contribution >= 4 is 29.5 Å². The predicted octanol–water partition coefficient (Wildman–Crippen LogP) is 1.17. The van der Waals surface area contributed by atoms with Crippen molar-refractivity contribution in [1.29, 1.82) is 0 Å². The van der Waals surface area contributed by atoms with Gasteiger partial charge in [-0.15, -0.1) is 11.8 Å². The van der Waals surface area contributed by atoms with Crippen LogP contribution in [0.3, 0.4) is 0 Å². The molecule has 2 heterocycles. The molecule has 3 amide bonds. The number of hydrogen-bond donors (Lipinski definition) is 1. The van der Waals surface area contributed by atoms with Crippen LogP contribution < -0.4 is 5.32 Å². The molecular weight excluding hydrogens is 276 g/mol. The molecule has 3 rings (SSSR count). The molecule has 2 aliphatic heterocycles. The number of thioether (sulfide) groups is 1. The van der Waals surface area contributed by atoms with Crippen LogP contribution in [0.15, 0.2) is 23.1 Å². The zero-order valence-corrected chi connectivity index (χ0v) is 11.8. The lowest BCUT2D eigenvalue weighted by Gasteiger charge is -2.29. The number of carbonyl (C=O) groups is 3. The van der Waals surface area contributed by atoms with Crippen LogP contribution >= 0.6 is 11.8 Å². The van der Waals surface area contributed by atoms with E-state index in [-0.39, 0.29) is 24.1 Å².